The van der Waals surface area contributed by atoms with Crippen LogP contribution in [-0.4, -0.2) is 24.0 Å². The fourth-order valence-electron chi connectivity index (χ4n) is 3.50. The van der Waals surface area contributed by atoms with Gasteiger partial charge < -0.3 is 15.8 Å². The average Bonchev–Trinajstić information content (AvgIpc) is 3.23. The van der Waals surface area contributed by atoms with Crippen LogP contribution in [0, 0.1) is 0 Å². The van der Waals surface area contributed by atoms with E-state index in [9.17, 15) is 18.3 Å². The van der Waals surface area contributed by atoms with Gasteiger partial charge in [0.2, 0.25) is 0 Å². The number of thiophene rings is 1. The quantitative estimate of drug-likeness (QED) is 0.369. The first-order valence-electron chi connectivity index (χ1n) is 9.40. The van der Waals surface area contributed by atoms with Gasteiger partial charge in [0.1, 0.15) is 10.5 Å². The zero-order valence-electron chi connectivity index (χ0n) is 16.2. The maximum atomic E-state index is 13.4. The monoisotopic (exact) mass is 530 g/mol. The lowest BCUT2D eigenvalue weighted by Crippen LogP contribution is -2.36. The number of aromatic hydroxyl groups is 1. The van der Waals surface area contributed by atoms with Gasteiger partial charge >= 0.3 is 0 Å². The third-order valence-corrected chi connectivity index (χ3v) is 7.69. The lowest BCUT2D eigenvalue weighted by Gasteiger charge is -2.20. The summed E-state index contributed by atoms with van der Waals surface area (Å²) in [7, 11) is -4.04. The summed E-state index contributed by atoms with van der Waals surface area (Å²) >= 11 is 4.66. The highest BCUT2D eigenvalue weighted by Crippen LogP contribution is 2.34. The SMILES string of the molecule is O=c1c(C2=NS(=O)(=O)c3ccccc3N2)c(O)c2sccc2n1NCc1cccc(Br)c1. The Hall–Kier alpha value is -3.15. The number of hydrogen-bond donors (Lipinski definition) is 3. The van der Waals surface area contributed by atoms with E-state index in [0.29, 0.717) is 16.8 Å². The van der Waals surface area contributed by atoms with Crippen molar-refractivity contribution >= 4 is 59.0 Å². The highest BCUT2D eigenvalue weighted by Gasteiger charge is 2.30. The van der Waals surface area contributed by atoms with E-state index < -0.39 is 15.6 Å². The fourth-order valence-corrected chi connectivity index (χ4v) is 5.90. The highest BCUT2D eigenvalue weighted by atomic mass is 79.9. The van der Waals surface area contributed by atoms with Crippen LogP contribution in [0.15, 0.2) is 78.5 Å². The molecule has 0 amide bonds. The number of nitrogens with one attached hydrogen (secondary N) is 2. The van der Waals surface area contributed by atoms with Gasteiger partial charge in [0, 0.05) is 4.47 Å². The molecule has 2 aromatic carbocycles. The molecule has 2 aromatic heterocycles. The first kappa shape index (κ1) is 20.7. The molecule has 3 heterocycles. The van der Waals surface area contributed by atoms with E-state index in [1.165, 1.54) is 22.1 Å². The third kappa shape index (κ3) is 3.48. The van der Waals surface area contributed by atoms with Crippen molar-refractivity contribution in [3.05, 3.63) is 85.9 Å². The number of benzene rings is 2. The number of para-hydroxylation sites is 1. The first-order valence-corrected chi connectivity index (χ1v) is 12.5. The molecule has 0 aliphatic carbocycles. The molecule has 1 aliphatic heterocycles. The summed E-state index contributed by atoms with van der Waals surface area (Å²) < 4.78 is 31.8. The molecule has 162 valence electrons. The van der Waals surface area contributed by atoms with E-state index in [1.807, 2.05) is 24.3 Å². The van der Waals surface area contributed by atoms with Crippen molar-refractivity contribution in [2.24, 2.45) is 4.40 Å². The van der Waals surface area contributed by atoms with Crippen LogP contribution < -0.4 is 16.3 Å². The van der Waals surface area contributed by atoms with Crippen LogP contribution in [0.4, 0.5) is 5.69 Å². The zero-order valence-corrected chi connectivity index (χ0v) is 19.5. The van der Waals surface area contributed by atoms with Crippen molar-refractivity contribution in [3.8, 4) is 5.75 Å². The van der Waals surface area contributed by atoms with Gasteiger partial charge in [-0.2, -0.15) is 8.42 Å². The van der Waals surface area contributed by atoms with Gasteiger partial charge in [-0.1, -0.05) is 40.2 Å². The molecular weight excluding hydrogens is 516 g/mol. The standard InChI is InChI=1S/C21H15BrN4O4S2/c22-13-5-3-4-12(10-13)11-23-26-15-8-9-31-19(15)18(27)17(21(26)28)20-24-14-6-1-2-7-16(14)32(29,30)25-20/h1-10,23,27H,11H2,(H,24,25). The topological polar surface area (TPSA) is 113 Å². The Kier molecular flexibility index (Phi) is 5.03. The highest BCUT2D eigenvalue weighted by molar-refractivity contribution is 9.10. The minimum atomic E-state index is -4.04. The summed E-state index contributed by atoms with van der Waals surface area (Å²) in [6.45, 7) is 0.329. The van der Waals surface area contributed by atoms with E-state index in [0.717, 1.165) is 10.0 Å². The number of sulfonamides is 1. The number of halogens is 1. The summed E-state index contributed by atoms with van der Waals surface area (Å²) in [6.07, 6.45) is 0. The maximum absolute atomic E-state index is 13.4. The minimum absolute atomic E-state index is 0.00791. The molecule has 11 heteroatoms. The molecule has 0 fully saturated rings. The molecular formula is C21H15BrN4O4S2. The van der Waals surface area contributed by atoms with Gasteiger partial charge in [0.05, 0.1) is 22.4 Å². The van der Waals surface area contributed by atoms with E-state index in [-0.39, 0.29) is 27.7 Å². The lowest BCUT2D eigenvalue weighted by molar-refractivity contribution is 0.479. The molecule has 5 rings (SSSR count). The summed E-state index contributed by atoms with van der Waals surface area (Å²) in [5, 5.41) is 15.5. The fraction of sp³-hybridized carbons (Fsp3) is 0.0476. The zero-order chi connectivity index (χ0) is 22.5. The second-order valence-corrected chi connectivity index (χ2v) is 10.4. The predicted molar refractivity (Wildman–Crippen MR) is 129 cm³/mol. The number of fused-ring (bicyclic) bond motifs is 2. The maximum Gasteiger partial charge on any atom is 0.286 e. The second kappa shape index (κ2) is 7.76. The van der Waals surface area contributed by atoms with Crippen LogP contribution in [0.25, 0.3) is 10.2 Å². The Labute approximate surface area is 195 Å². The van der Waals surface area contributed by atoms with Crippen LogP contribution in [0.3, 0.4) is 0 Å². The van der Waals surface area contributed by atoms with Gasteiger partial charge in [-0.3, -0.25) is 4.79 Å². The number of hydrogen-bond acceptors (Lipinski definition) is 7. The Morgan fingerprint density at radius 1 is 1.16 bits per heavy atom. The van der Waals surface area contributed by atoms with E-state index in [2.05, 4.69) is 31.1 Å². The number of nitrogens with zero attached hydrogens (tertiary/aromatic N) is 2. The van der Waals surface area contributed by atoms with Gasteiger partial charge in [0.25, 0.3) is 15.6 Å². The summed E-state index contributed by atoms with van der Waals surface area (Å²) in [4.78, 5) is 13.4. The molecule has 8 nitrogen and oxygen atoms in total. The average molecular weight is 531 g/mol. The Morgan fingerprint density at radius 3 is 2.78 bits per heavy atom. The Bertz CT molecular complexity index is 1570. The van der Waals surface area contributed by atoms with Crippen molar-refractivity contribution in [1.82, 2.24) is 4.68 Å². The van der Waals surface area contributed by atoms with Crippen molar-refractivity contribution < 1.29 is 13.5 Å². The third-order valence-electron chi connectivity index (χ3n) is 4.95. The van der Waals surface area contributed by atoms with Gasteiger partial charge in [-0.25, -0.2) is 4.68 Å². The van der Waals surface area contributed by atoms with Crippen LogP contribution >= 0.6 is 27.3 Å². The Morgan fingerprint density at radius 2 is 1.97 bits per heavy atom. The molecule has 0 unspecified atom stereocenters. The molecule has 0 saturated heterocycles. The molecule has 0 saturated carbocycles. The van der Waals surface area contributed by atoms with Crippen LogP contribution in [0.2, 0.25) is 0 Å². The smallest absolute Gasteiger partial charge is 0.286 e. The molecule has 0 spiro atoms. The summed E-state index contributed by atoms with van der Waals surface area (Å²) in [5.41, 5.74) is 3.93. The molecule has 0 bridgehead atoms. The number of aromatic nitrogens is 1. The summed E-state index contributed by atoms with van der Waals surface area (Å²) in [6, 6.07) is 15.6. The van der Waals surface area contributed by atoms with E-state index in [1.54, 1.807) is 29.6 Å². The van der Waals surface area contributed by atoms with Crippen LogP contribution in [0.5, 0.6) is 5.75 Å². The van der Waals surface area contributed by atoms with Gasteiger partial charge in [0.15, 0.2) is 11.6 Å². The molecule has 4 aromatic rings. The lowest BCUT2D eigenvalue weighted by atomic mass is 10.2. The first-order chi connectivity index (χ1) is 15.3. The summed E-state index contributed by atoms with van der Waals surface area (Å²) in [5.74, 6) is -0.541. The second-order valence-electron chi connectivity index (χ2n) is 7.00. The largest absolute Gasteiger partial charge is 0.505 e. The van der Waals surface area contributed by atoms with Crippen molar-refractivity contribution in [1.29, 1.82) is 0 Å². The van der Waals surface area contributed by atoms with Crippen molar-refractivity contribution in [2.45, 2.75) is 11.4 Å². The predicted octanol–water partition coefficient (Wildman–Crippen LogP) is 3.84. The van der Waals surface area contributed by atoms with Crippen LogP contribution in [0.1, 0.15) is 11.1 Å². The Balaban J connectivity index is 1.65. The molecule has 3 N–H and O–H groups in total. The number of anilines is 1. The van der Waals surface area contributed by atoms with Crippen molar-refractivity contribution in [3.63, 3.8) is 0 Å². The molecule has 1 aliphatic rings. The molecule has 0 atom stereocenters. The number of pyridine rings is 1. The molecule has 32 heavy (non-hydrogen) atoms. The van der Waals surface area contributed by atoms with Crippen molar-refractivity contribution in [2.75, 3.05) is 10.7 Å². The van der Waals surface area contributed by atoms with E-state index in [4.69, 9.17) is 0 Å². The number of amidine groups is 1. The number of rotatable bonds is 4. The normalized spacial score (nSPS) is 14.5. The van der Waals surface area contributed by atoms with Crippen LogP contribution in [-0.2, 0) is 16.6 Å². The van der Waals surface area contributed by atoms with Gasteiger partial charge in [-0.15, -0.1) is 15.7 Å². The minimum Gasteiger partial charge on any atom is -0.505 e. The van der Waals surface area contributed by atoms with Gasteiger partial charge in [-0.05, 0) is 41.3 Å². The molecule has 0 radical (unpaired) electrons. The van der Waals surface area contributed by atoms with E-state index >= 15 is 0 Å².